The van der Waals surface area contributed by atoms with E-state index in [1.165, 1.54) is 17.7 Å². The fourth-order valence-electron chi connectivity index (χ4n) is 4.79. The van der Waals surface area contributed by atoms with Crippen LogP contribution in [-0.2, 0) is 6.54 Å². The summed E-state index contributed by atoms with van der Waals surface area (Å²) < 4.78 is 13.3. The van der Waals surface area contributed by atoms with Gasteiger partial charge in [-0.05, 0) is 66.4 Å². The molecule has 7 heteroatoms. The second-order valence-electron chi connectivity index (χ2n) is 9.26. The van der Waals surface area contributed by atoms with Crippen molar-refractivity contribution in [2.45, 2.75) is 25.9 Å². The van der Waals surface area contributed by atoms with Crippen LogP contribution in [0.25, 0.3) is 11.1 Å². The third kappa shape index (κ3) is 5.36. The Morgan fingerprint density at radius 3 is 2.53 bits per heavy atom. The van der Waals surface area contributed by atoms with Gasteiger partial charge in [-0.1, -0.05) is 36.4 Å². The van der Waals surface area contributed by atoms with Gasteiger partial charge in [-0.25, -0.2) is 9.18 Å². The van der Waals surface area contributed by atoms with E-state index in [9.17, 15) is 9.18 Å². The molecule has 6 nitrogen and oxygen atoms in total. The predicted octanol–water partition coefficient (Wildman–Crippen LogP) is 5.30. The van der Waals surface area contributed by atoms with Crippen LogP contribution in [0.2, 0.25) is 0 Å². The minimum Gasteiger partial charge on any atom is -0.300 e. The molecule has 1 aromatic heterocycles. The molecular weight excluding hydrogens is 453 g/mol. The average Bonchev–Trinajstić information content (AvgIpc) is 3.38. The smallest absolute Gasteiger partial charge is 0.300 e. The number of aromatic nitrogens is 1. The van der Waals surface area contributed by atoms with Gasteiger partial charge >= 0.3 is 6.03 Å². The zero-order valence-corrected chi connectivity index (χ0v) is 20.4. The first kappa shape index (κ1) is 23.9. The lowest BCUT2D eigenvalue weighted by atomic mass is 10.1. The largest absolute Gasteiger partial charge is 0.326 e. The highest BCUT2D eigenvalue weighted by Crippen LogP contribution is 2.26. The first-order valence-electron chi connectivity index (χ1n) is 12.3. The molecule has 0 N–H and O–H groups in total. The van der Waals surface area contributed by atoms with Gasteiger partial charge in [0.25, 0.3) is 0 Å². The Kier molecular flexibility index (Phi) is 7.18. The monoisotopic (exact) mass is 483 g/mol. The number of amides is 2. The van der Waals surface area contributed by atoms with Crippen molar-refractivity contribution in [3.63, 3.8) is 0 Å². The van der Waals surface area contributed by atoms with Gasteiger partial charge in [0, 0.05) is 50.3 Å². The molecule has 1 atom stereocenters. The van der Waals surface area contributed by atoms with E-state index in [4.69, 9.17) is 0 Å². The number of hydrogen-bond donors (Lipinski definition) is 0. The standard InChI is InChI=1S/C29H30FN5O/c1-22-5-4-16-32-28(22)20-33-18-14-27(19-33)35-21-31-15-2-3-17-34(29(35)36)26-12-8-24(9-13-26)23-6-10-25(30)11-7-23/h2-13,15-16,27H,14,17-21H2,1H3/b3-2-,31-15?. The van der Waals surface area contributed by atoms with Gasteiger partial charge in [0.2, 0.25) is 0 Å². The Balaban J connectivity index is 1.32. The van der Waals surface area contributed by atoms with Crippen LogP contribution in [0.15, 0.2) is 84.0 Å². The molecule has 2 aromatic carbocycles. The lowest BCUT2D eigenvalue weighted by Gasteiger charge is -2.33. The van der Waals surface area contributed by atoms with E-state index in [2.05, 4.69) is 27.9 Å². The van der Waals surface area contributed by atoms with Crippen LogP contribution in [0.3, 0.4) is 0 Å². The third-order valence-corrected chi connectivity index (χ3v) is 6.86. The number of likely N-dealkylation sites (tertiary alicyclic amines) is 1. The Morgan fingerprint density at radius 1 is 1.03 bits per heavy atom. The zero-order valence-electron chi connectivity index (χ0n) is 20.4. The number of allylic oxidation sites excluding steroid dienone is 1. The minimum atomic E-state index is -0.257. The number of aliphatic imine (C=N–C) groups is 1. The van der Waals surface area contributed by atoms with Crippen molar-refractivity contribution in [2.75, 3.05) is 31.2 Å². The summed E-state index contributed by atoms with van der Waals surface area (Å²) in [5.41, 5.74) is 5.00. The Hall–Kier alpha value is -3.84. The third-order valence-electron chi connectivity index (χ3n) is 6.86. The van der Waals surface area contributed by atoms with Crippen molar-refractivity contribution in [1.82, 2.24) is 14.8 Å². The summed E-state index contributed by atoms with van der Waals surface area (Å²) in [5.74, 6) is -0.257. The average molecular weight is 484 g/mol. The first-order chi connectivity index (χ1) is 17.6. The van der Waals surface area contributed by atoms with Crippen LogP contribution < -0.4 is 4.90 Å². The van der Waals surface area contributed by atoms with Crippen LogP contribution in [0.1, 0.15) is 17.7 Å². The molecule has 184 valence electrons. The highest BCUT2D eigenvalue weighted by atomic mass is 19.1. The maximum Gasteiger partial charge on any atom is 0.326 e. The number of carbonyl (C=O) groups excluding carboxylic acids is 1. The summed E-state index contributed by atoms with van der Waals surface area (Å²) in [7, 11) is 0. The van der Waals surface area contributed by atoms with E-state index < -0.39 is 0 Å². The normalized spacial score (nSPS) is 19.7. The molecular formula is C29H30FN5O. The van der Waals surface area contributed by atoms with Crippen molar-refractivity contribution in [3.8, 4) is 11.1 Å². The highest BCUT2D eigenvalue weighted by molar-refractivity contribution is 5.93. The number of nitrogens with zero attached hydrogens (tertiary/aromatic N) is 5. The van der Waals surface area contributed by atoms with Crippen LogP contribution in [0, 0.1) is 12.7 Å². The summed E-state index contributed by atoms with van der Waals surface area (Å²) in [6.45, 7) is 5.36. The number of benzene rings is 2. The van der Waals surface area contributed by atoms with Crippen molar-refractivity contribution in [3.05, 3.63) is 96.1 Å². The fourth-order valence-corrected chi connectivity index (χ4v) is 4.79. The van der Waals surface area contributed by atoms with E-state index in [1.807, 2.05) is 53.6 Å². The molecule has 36 heavy (non-hydrogen) atoms. The summed E-state index contributed by atoms with van der Waals surface area (Å²) in [5, 5.41) is 0. The number of rotatable bonds is 5. The van der Waals surface area contributed by atoms with Gasteiger partial charge in [-0.3, -0.25) is 19.8 Å². The highest BCUT2D eigenvalue weighted by Gasteiger charge is 2.33. The van der Waals surface area contributed by atoms with Gasteiger partial charge in [-0.2, -0.15) is 0 Å². The summed E-state index contributed by atoms with van der Waals surface area (Å²) in [6, 6.07) is 18.4. The number of anilines is 1. The molecule has 2 amide bonds. The molecule has 1 saturated heterocycles. The number of halogens is 1. The lowest BCUT2D eigenvalue weighted by Crippen LogP contribution is -2.49. The van der Waals surface area contributed by atoms with Crippen molar-refractivity contribution >= 4 is 17.9 Å². The van der Waals surface area contributed by atoms with Crippen molar-refractivity contribution in [2.24, 2.45) is 4.99 Å². The quantitative estimate of drug-likeness (QED) is 0.495. The van der Waals surface area contributed by atoms with E-state index in [0.29, 0.717) is 13.2 Å². The van der Waals surface area contributed by atoms with E-state index >= 15 is 0 Å². The van der Waals surface area contributed by atoms with Crippen molar-refractivity contribution < 1.29 is 9.18 Å². The molecule has 3 aromatic rings. The fraction of sp³-hybridized carbons (Fsp3) is 0.276. The molecule has 3 heterocycles. The Bertz CT molecular complexity index is 1260. The molecule has 0 saturated carbocycles. The molecule has 2 aliphatic rings. The topological polar surface area (TPSA) is 52.0 Å². The van der Waals surface area contributed by atoms with Crippen molar-refractivity contribution in [1.29, 1.82) is 0 Å². The van der Waals surface area contributed by atoms with E-state index in [-0.39, 0.29) is 17.9 Å². The lowest BCUT2D eigenvalue weighted by molar-refractivity contribution is 0.182. The predicted molar refractivity (Wildman–Crippen MR) is 142 cm³/mol. The molecule has 1 unspecified atom stereocenters. The zero-order chi connectivity index (χ0) is 24.9. The van der Waals surface area contributed by atoms with Gasteiger partial charge in [0.15, 0.2) is 0 Å². The Labute approximate surface area is 211 Å². The number of aryl methyl sites for hydroxylation is 1. The molecule has 5 rings (SSSR count). The number of hydrogen-bond acceptors (Lipinski definition) is 4. The number of pyridine rings is 1. The first-order valence-corrected chi connectivity index (χ1v) is 12.3. The molecule has 2 aliphatic heterocycles. The van der Waals surface area contributed by atoms with Gasteiger partial charge < -0.3 is 4.90 Å². The molecule has 0 aliphatic carbocycles. The SMILES string of the molecule is Cc1cccnc1CN1CCC(N2CN=C/C=C\CN(c3ccc(-c4ccc(F)cc4)cc3)C2=O)C1. The van der Waals surface area contributed by atoms with Crippen LogP contribution >= 0.6 is 0 Å². The summed E-state index contributed by atoms with van der Waals surface area (Å²) in [4.78, 5) is 28.9. The number of carbonyl (C=O) groups is 1. The second-order valence-corrected chi connectivity index (χ2v) is 9.26. The van der Waals surface area contributed by atoms with Gasteiger partial charge in [0.05, 0.1) is 5.69 Å². The van der Waals surface area contributed by atoms with Crippen LogP contribution in [0.5, 0.6) is 0 Å². The summed E-state index contributed by atoms with van der Waals surface area (Å²) in [6.07, 6.45) is 8.34. The maximum absolute atomic E-state index is 13.8. The molecule has 1 fully saturated rings. The summed E-state index contributed by atoms with van der Waals surface area (Å²) >= 11 is 0. The molecule has 0 radical (unpaired) electrons. The van der Waals surface area contributed by atoms with Gasteiger partial charge in [0.1, 0.15) is 12.5 Å². The van der Waals surface area contributed by atoms with E-state index in [1.54, 1.807) is 23.2 Å². The number of urea groups is 1. The molecule has 0 bridgehead atoms. The van der Waals surface area contributed by atoms with Gasteiger partial charge in [-0.15, -0.1) is 0 Å². The van der Waals surface area contributed by atoms with Crippen LogP contribution in [0.4, 0.5) is 14.9 Å². The minimum absolute atomic E-state index is 0.0471. The van der Waals surface area contributed by atoms with Crippen LogP contribution in [-0.4, -0.2) is 59.4 Å². The maximum atomic E-state index is 13.8. The Morgan fingerprint density at radius 2 is 1.78 bits per heavy atom. The molecule has 0 spiro atoms. The van der Waals surface area contributed by atoms with E-state index in [0.717, 1.165) is 48.6 Å². The second kappa shape index (κ2) is 10.8.